The van der Waals surface area contributed by atoms with Crippen LogP contribution in [0.25, 0.3) is 16.0 Å². The molecule has 3 aromatic rings. The smallest absolute Gasteiger partial charge is 0.404 e. The molecule has 1 aromatic carbocycles. The van der Waals surface area contributed by atoms with E-state index in [0.29, 0.717) is 16.5 Å². The molecule has 0 aliphatic heterocycles. The summed E-state index contributed by atoms with van der Waals surface area (Å²) in [6.07, 6.45) is 7.69. The van der Waals surface area contributed by atoms with Crippen molar-refractivity contribution in [2.75, 3.05) is 11.9 Å². The highest BCUT2D eigenvalue weighted by Crippen LogP contribution is 2.52. The van der Waals surface area contributed by atoms with Crippen LogP contribution in [0.4, 0.5) is 15.4 Å². The molecule has 10 heteroatoms. The van der Waals surface area contributed by atoms with Crippen molar-refractivity contribution in [1.29, 1.82) is 0 Å². The van der Waals surface area contributed by atoms with Crippen LogP contribution in [0.2, 0.25) is 0 Å². The lowest BCUT2D eigenvalue weighted by Gasteiger charge is -2.18. The molecule has 0 unspecified atom stereocenters. The Morgan fingerprint density at radius 1 is 1.32 bits per heavy atom. The fraction of sp³-hybridized carbons (Fsp3) is 0.208. The first kappa shape index (κ1) is 22.8. The number of hydrogen-bond acceptors (Lipinski definition) is 6. The zero-order valence-corrected chi connectivity index (χ0v) is 18.8. The number of ether oxygens (including phenoxy) is 1. The minimum Gasteiger partial charge on any atom is -0.447 e. The van der Waals surface area contributed by atoms with Gasteiger partial charge in [0.15, 0.2) is 5.01 Å². The normalized spacial score (nSPS) is 14.2. The maximum Gasteiger partial charge on any atom is 0.404 e. The fourth-order valence-electron chi connectivity index (χ4n) is 3.55. The number of nitrogens with one attached hydrogen (secondary N) is 2. The highest BCUT2D eigenvalue weighted by molar-refractivity contribution is 7.10. The number of urea groups is 1. The standard InChI is InChI=1S/C24H20N6O3S/c1-3-21-29-20(14-34-21)30-23(32)28-19(13-33-22(25)31)18-9-8-15(12-27-18)16-6-4-5-7-17(16)24(26-2)10-11-24/h1,4-9,12,14,19H,10-11,13H2,(H2,25,31)(H2,28,30,32)/t19-/m0/s1. The van der Waals surface area contributed by atoms with Gasteiger partial charge in [-0.25, -0.2) is 21.1 Å². The molecular weight excluding hydrogens is 452 g/mol. The monoisotopic (exact) mass is 472 g/mol. The number of amides is 3. The van der Waals surface area contributed by atoms with Crippen molar-refractivity contribution >= 4 is 29.3 Å². The lowest BCUT2D eigenvalue weighted by atomic mass is 9.94. The van der Waals surface area contributed by atoms with Gasteiger partial charge in [0.05, 0.1) is 5.69 Å². The van der Waals surface area contributed by atoms with E-state index in [9.17, 15) is 9.59 Å². The number of pyridine rings is 1. The molecule has 2 heterocycles. The predicted octanol–water partition coefficient (Wildman–Crippen LogP) is 4.05. The third kappa shape index (κ3) is 4.98. The second-order valence-corrected chi connectivity index (χ2v) is 8.48. The zero-order chi connectivity index (χ0) is 24.1. The van der Waals surface area contributed by atoms with Crippen molar-refractivity contribution in [3.63, 3.8) is 0 Å². The maximum atomic E-state index is 12.5. The Labute approximate surface area is 200 Å². The zero-order valence-electron chi connectivity index (χ0n) is 17.9. The molecule has 1 aliphatic carbocycles. The second-order valence-electron chi connectivity index (χ2n) is 7.62. The Morgan fingerprint density at radius 2 is 2.12 bits per heavy atom. The molecular formula is C24H20N6O3S. The van der Waals surface area contributed by atoms with Gasteiger partial charge in [-0.1, -0.05) is 30.3 Å². The molecule has 1 aliphatic rings. The van der Waals surface area contributed by atoms with Gasteiger partial charge in [0.25, 0.3) is 5.54 Å². The Kier molecular flexibility index (Phi) is 6.44. The molecule has 4 rings (SSSR count). The van der Waals surface area contributed by atoms with Crippen molar-refractivity contribution in [3.05, 3.63) is 75.7 Å². The SMILES string of the molecule is [C-]#[N+]C1(c2ccccc2-c2ccc([C@H](COC(N)=O)NC(=O)Nc3csc(C#C)n3)nc2)CC1. The Morgan fingerprint density at radius 3 is 2.74 bits per heavy atom. The Bertz CT molecular complexity index is 1300. The minimum absolute atomic E-state index is 0.209. The molecule has 1 atom stereocenters. The molecule has 1 saturated carbocycles. The number of nitrogens with zero attached hydrogens (tertiary/aromatic N) is 3. The molecule has 34 heavy (non-hydrogen) atoms. The number of benzene rings is 1. The third-order valence-corrected chi connectivity index (χ3v) is 6.16. The summed E-state index contributed by atoms with van der Waals surface area (Å²) in [6, 6.07) is 10.1. The quantitative estimate of drug-likeness (QED) is 0.354. The van der Waals surface area contributed by atoms with E-state index in [1.54, 1.807) is 17.6 Å². The summed E-state index contributed by atoms with van der Waals surface area (Å²) in [4.78, 5) is 36.1. The summed E-state index contributed by atoms with van der Waals surface area (Å²) >= 11 is 1.22. The summed E-state index contributed by atoms with van der Waals surface area (Å²) < 4.78 is 4.92. The molecule has 1 fully saturated rings. The molecule has 0 saturated heterocycles. The average Bonchev–Trinajstić information content (AvgIpc) is 3.53. The van der Waals surface area contributed by atoms with Gasteiger partial charge in [-0.3, -0.25) is 10.3 Å². The molecule has 3 amide bonds. The van der Waals surface area contributed by atoms with Crippen molar-refractivity contribution in [1.82, 2.24) is 15.3 Å². The van der Waals surface area contributed by atoms with Crippen LogP contribution in [-0.2, 0) is 10.3 Å². The van der Waals surface area contributed by atoms with E-state index in [1.807, 2.05) is 30.3 Å². The highest BCUT2D eigenvalue weighted by atomic mass is 32.1. The van der Waals surface area contributed by atoms with Gasteiger partial charge in [0, 0.05) is 35.5 Å². The van der Waals surface area contributed by atoms with Gasteiger partial charge in [0.1, 0.15) is 18.5 Å². The van der Waals surface area contributed by atoms with Crippen molar-refractivity contribution in [2.45, 2.75) is 24.4 Å². The number of aromatic nitrogens is 2. The molecule has 0 spiro atoms. The van der Waals surface area contributed by atoms with Crippen LogP contribution in [0.5, 0.6) is 0 Å². The number of thiazole rings is 1. The second kappa shape index (κ2) is 9.61. The first-order valence-electron chi connectivity index (χ1n) is 10.3. The first-order valence-corrected chi connectivity index (χ1v) is 11.2. The predicted molar refractivity (Wildman–Crippen MR) is 128 cm³/mol. The molecule has 9 nitrogen and oxygen atoms in total. The third-order valence-electron chi connectivity index (χ3n) is 5.39. The maximum absolute atomic E-state index is 12.5. The van der Waals surface area contributed by atoms with Crippen LogP contribution in [0, 0.1) is 18.9 Å². The van der Waals surface area contributed by atoms with Crippen LogP contribution in [0.15, 0.2) is 48.0 Å². The van der Waals surface area contributed by atoms with E-state index in [-0.39, 0.29) is 6.61 Å². The van der Waals surface area contributed by atoms with Crippen molar-refractivity contribution < 1.29 is 14.3 Å². The van der Waals surface area contributed by atoms with Crippen LogP contribution >= 0.6 is 11.3 Å². The van der Waals surface area contributed by atoms with Crippen molar-refractivity contribution in [3.8, 4) is 23.5 Å². The number of anilines is 1. The van der Waals surface area contributed by atoms with E-state index in [2.05, 4.69) is 31.4 Å². The first-order chi connectivity index (χ1) is 16.4. The van der Waals surface area contributed by atoms with Crippen LogP contribution < -0.4 is 16.4 Å². The van der Waals surface area contributed by atoms with Gasteiger partial charge >= 0.3 is 12.1 Å². The minimum atomic E-state index is -0.968. The number of terminal acetylenes is 1. The lowest BCUT2D eigenvalue weighted by molar-refractivity contribution is 0.143. The van der Waals surface area contributed by atoms with Gasteiger partial charge in [-0.2, -0.15) is 0 Å². The van der Waals surface area contributed by atoms with Crippen LogP contribution in [0.1, 0.15) is 35.1 Å². The molecule has 170 valence electrons. The van der Waals surface area contributed by atoms with Gasteiger partial charge in [-0.15, -0.1) is 17.8 Å². The summed E-state index contributed by atoms with van der Waals surface area (Å²) in [5, 5.41) is 7.34. The van der Waals surface area contributed by atoms with Gasteiger partial charge in [-0.05, 0) is 17.6 Å². The number of carbonyl (C=O) groups is 2. The summed E-state index contributed by atoms with van der Waals surface area (Å²) in [5.74, 6) is 2.70. The molecule has 0 bridgehead atoms. The lowest BCUT2D eigenvalue weighted by Crippen LogP contribution is -2.36. The number of hydrogen-bond donors (Lipinski definition) is 3. The van der Waals surface area contributed by atoms with E-state index in [1.165, 1.54) is 11.3 Å². The number of primary amides is 1. The van der Waals surface area contributed by atoms with E-state index in [4.69, 9.17) is 23.5 Å². The fourth-order valence-corrected chi connectivity index (χ4v) is 4.10. The summed E-state index contributed by atoms with van der Waals surface area (Å²) in [6.45, 7) is 7.38. The van der Waals surface area contributed by atoms with E-state index >= 15 is 0 Å². The highest BCUT2D eigenvalue weighted by Gasteiger charge is 2.53. The molecule has 2 aromatic heterocycles. The number of carbonyl (C=O) groups excluding carboxylic acids is 2. The molecule has 0 radical (unpaired) electrons. The van der Waals surface area contributed by atoms with E-state index in [0.717, 1.165) is 29.5 Å². The van der Waals surface area contributed by atoms with E-state index < -0.39 is 23.7 Å². The van der Waals surface area contributed by atoms with Crippen LogP contribution in [-0.4, -0.2) is 28.7 Å². The van der Waals surface area contributed by atoms with Crippen molar-refractivity contribution in [2.24, 2.45) is 5.73 Å². The average molecular weight is 473 g/mol. The van der Waals surface area contributed by atoms with Gasteiger partial charge < -0.3 is 20.6 Å². The summed E-state index contributed by atoms with van der Waals surface area (Å²) in [5.41, 5.74) is 7.89. The molecule has 4 N–H and O–H groups in total. The van der Waals surface area contributed by atoms with Crippen LogP contribution in [0.3, 0.4) is 0 Å². The Hall–Kier alpha value is -4.41. The Balaban J connectivity index is 1.54. The number of rotatable bonds is 7. The largest absolute Gasteiger partial charge is 0.447 e. The topological polar surface area (TPSA) is 124 Å². The number of nitrogens with two attached hydrogens (primary N) is 1. The van der Waals surface area contributed by atoms with Gasteiger partial charge in [0.2, 0.25) is 0 Å². The summed E-state index contributed by atoms with van der Waals surface area (Å²) in [7, 11) is 0.